The number of hydrogen-bond acceptors (Lipinski definition) is 6. The molecule has 0 aliphatic carbocycles. The largest absolute Gasteiger partial charge is 0.484 e. The minimum Gasteiger partial charge on any atom is -0.484 e. The van der Waals surface area contributed by atoms with Gasteiger partial charge in [-0.2, -0.15) is 0 Å². The summed E-state index contributed by atoms with van der Waals surface area (Å²) in [6, 6.07) is 8.88. The molecular formula is C19H20FN3O6. The van der Waals surface area contributed by atoms with E-state index in [1.165, 1.54) is 36.4 Å². The number of anilines is 2. The second kappa shape index (κ2) is 9.00. The summed E-state index contributed by atoms with van der Waals surface area (Å²) >= 11 is 0. The van der Waals surface area contributed by atoms with Crippen LogP contribution in [-0.2, 0) is 9.53 Å². The Bertz CT molecular complexity index is 909. The zero-order valence-electron chi connectivity index (χ0n) is 16.0. The Morgan fingerprint density at radius 3 is 2.34 bits per heavy atom. The van der Waals surface area contributed by atoms with Crippen LogP contribution in [0.25, 0.3) is 0 Å². The van der Waals surface area contributed by atoms with Crippen LogP contribution in [0, 0.1) is 15.9 Å². The van der Waals surface area contributed by atoms with Crippen LogP contribution in [0.5, 0.6) is 5.75 Å². The molecule has 9 nitrogen and oxygen atoms in total. The van der Waals surface area contributed by atoms with Gasteiger partial charge in [0, 0.05) is 17.8 Å². The zero-order valence-corrected chi connectivity index (χ0v) is 16.0. The topological polar surface area (TPSA) is 120 Å². The normalized spacial score (nSPS) is 10.8. The van der Waals surface area contributed by atoms with Gasteiger partial charge in [0.2, 0.25) is 0 Å². The van der Waals surface area contributed by atoms with Gasteiger partial charge in [-0.05, 0) is 51.1 Å². The summed E-state index contributed by atoms with van der Waals surface area (Å²) in [5, 5.41) is 15.4. The van der Waals surface area contributed by atoms with E-state index in [4.69, 9.17) is 9.47 Å². The molecule has 0 aliphatic rings. The lowest BCUT2D eigenvalue weighted by Gasteiger charge is -2.20. The number of halogens is 1. The summed E-state index contributed by atoms with van der Waals surface area (Å²) in [5.74, 6) is -0.966. The number of benzene rings is 2. The number of nitrogens with zero attached hydrogens (tertiary/aromatic N) is 1. The molecule has 2 aromatic carbocycles. The summed E-state index contributed by atoms with van der Waals surface area (Å²) in [6.45, 7) is 4.64. The van der Waals surface area contributed by atoms with Gasteiger partial charge in [-0.1, -0.05) is 0 Å². The van der Waals surface area contributed by atoms with Gasteiger partial charge in [0.15, 0.2) is 6.61 Å². The third-order valence-electron chi connectivity index (χ3n) is 3.30. The molecule has 29 heavy (non-hydrogen) atoms. The van der Waals surface area contributed by atoms with E-state index in [1.54, 1.807) is 20.8 Å². The molecule has 0 heterocycles. The second-order valence-corrected chi connectivity index (χ2v) is 6.91. The molecular weight excluding hydrogens is 385 g/mol. The van der Waals surface area contributed by atoms with E-state index in [0.29, 0.717) is 0 Å². The number of non-ortho nitro benzene ring substituents is 1. The van der Waals surface area contributed by atoms with Gasteiger partial charge >= 0.3 is 6.09 Å². The highest BCUT2D eigenvalue weighted by molar-refractivity contribution is 5.93. The molecule has 2 amide bonds. The summed E-state index contributed by atoms with van der Waals surface area (Å²) in [5.41, 5.74) is -0.775. The summed E-state index contributed by atoms with van der Waals surface area (Å²) in [6.07, 6.45) is -0.832. The smallest absolute Gasteiger partial charge is 0.412 e. The maximum absolute atomic E-state index is 13.9. The molecule has 0 bridgehead atoms. The third-order valence-corrected chi connectivity index (χ3v) is 3.30. The van der Waals surface area contributed by atoms with Crippen LogP contribution in [0.1, 0.15) is 20.8 Å². The molecule has 10 heteroatoms. The number of carbonyl (C=O) groups is 2. The van der Waals surface area contributed by atoms with Gasteiger partial charge in [-0.25, -0.2) is 9.18 Å². The van der Waals surface area contributed by atoms with Crippen molar-refractivity contribution in [2.45, 2.75) is 26.4 Å². The molecule has 2 N–H and O–H groups in total. The van der Waals surface area contributed by atoms with E-state index in [2.05, 4.69) is 10.6 Å². The van der Waals surface area contributed by atoms with E-state index in [1.807, 2.05) is 0 Å². The summed E-state index contributed by atoms with van der Waals surface area (Å²) < 4.78 is 24.2. The van der Waals surface area contributed by atoms with E-state index < -0.39 is 28.3 Å². The average Bonchev–Trinajstić information content (AvgIpc) is 2.61. The van der Waals surface area contributed by atoms with Gasteiger partial charge in [-0.3, -0.25) is 20.2 Å². The highest BCUT2D eigenvalue weighted by atomic mass is 19.1. The fourth-order valence-corrected chi connectivity index (χ4v) is 2.12. The molecule has 0 unspecified atom stereocenters. The Morgan fingerprint density at radius 2 is 1.76 bits per heavy atom. The number of hydrogen-bond donors (Lipinski definition) is 2. The Morgan fingerprint density at radius 1 is 1.10 bits per heavy atom. The van der Waals surface area contributed by atoms with E-state index in [0.717, 1.165) is 6.07 Å². The van der Waals surface area contributed by atoms with Crippen molar-refractivity contribution in [3.8, 4) is 5.75 Å². The van der Waals surface area contributed by atoms with Gasteiger partial charge < -0.3 is 14.8 Å². The predicted molar refractivity (Wildman–Crippen MR) is 103 cm³/mol. The Hall–Kier alpha value is -3.69. The maximum atomic E-state index is 13.9. The van der Waals surface area contributed by atoms with Crippen LogP contribution < -0.4 is 15.4 Å². The molecule has 0 spiro atoms. The van der Waals surface area contributed by atoms with Crippen molar-refractivity contribution >= 4 is 29.1 Å². The van der Waals surface area contributed by atoms with Crippen molar-refractivity contribution in [3.05, 3.63) is 58.4 Å². The van der Waals surface area contributed by atoms with Gasteiger partial charge in [0.25, 0.3) is 11.6 Å². The summed E-state index contributed by atoms with van der Waals surface area (Å²) in [4.78, 5) is 33.9. The molecule has 0 atom stereocenters. The number of ether oxygens (including phenoxy) is 2. The Kier molecular flexibility index (Phi) is 6.71. The van der Waals surface area contributed by atoms with Crippen LogP contribution in [0.3, 0.4) is 0 Å². The highest BCUT2D eigenvalue weighted by Crippen LogP contribution is 2.21. The van der Waals surface area contributed by atoms with Crippen molar-refractivity contribution < 1.29 is 28.4 Å². The molecule has 2 aromatic rings. The Labute approximate surface area is 166 Å². The zero-order chi connectivity index (χ0) is 21.6. The van der Waals surface area contributed by atoms with Crippen molar-refractivity contribution in [1.29, 1.82) is 0 Å². The van der Waals surface area contributed by atoms with Crippen LogP contribution >= 0.6 is 0 Å². The van der Waals surface area contributed by atoms with Crippen molar-refractivity contribution in [2.75, 3.05) is 17.2 Å². The Balaban J connectivity index is 1.94. The highest BCUT2D eigenvalue weighted by Gasteiger charge is 2.18. The maximum Gasteiger partial charge on any atom is 0.412 e. The first-order chi connectivity index (χ1) is 13.5. The number of rotatable bonds is 6. The lowest BCUT2D eigenvalue weighted by molar-refractivity contribution is -0.384. The molecule has 0 aromatic heterocycles. The molecule has 0 saturated carbocycles. The summed E-state index contributed by atoms with van der Waals surface area (Å²) in [7, 11) is 0. The molecule has 0 saturated heterocycles. The minimum atomic E-state index is -0.832. The van der Waals surface area contributed by atoms with Crippen LogP contribution in [0.15, 0.2) is 42.5 Å². The van der Waals surface area contributed by atoms with Crippen molar-refractivity contribution in [2.24, 2.45) is 0 Å². The minimum absolute atomic E-state index is 0.0990. The lowest BCUT2D eigenvalue weighted by Crippen LogP contribution is -2.27. The first kappa shape index (κ1) is 21.6. The fraction of sp³-hybridized carbons (Fsp3) is 0.263. The fourth-order valence-electron chi connectivity index (χ4n) is 2.12. The molecule has 0 fully saturated rings. The van der Waals surface area contributed by atoms with Gasteiger partial charge in [0.1, 0.15) is 17.2 Å². The number of nitro benzene ring substituents is 1. The predicted octanol–water partition coefficient (Wildman–Crippen LogP) is 4.10. The van der Waals surface area contributed by atoms with Crippen LogP contribution in [0.2, 0.25) is 0 Å². The van der Waals surface area contributed by atoms with E-state index in [9.17, 15) is 24.1 Å². The first-order valence-electron chi connectivity index (χ1n) is 8.50. The number of nitro groups is 1. The van der Waals surface area contributed by atoms with Crippen molar-refractivity contribution in [1.82, 2.24) is 0 Å². The van der Waals surface area contributed by atoms with Gasteiger partial charge in [-0.15, -0.1) is 0 Å². The SMILES string of the molecule is CC(C)(C)OC(=O)Nc1cc(NC(=O)COc2ccc([N+](=O)[O-])cc2)ccc1F. The van der Waals surface area contributed by atoms with E-state index >= 15 is 0 Å². The van der Waals surface area contributed by atoms with Crippen LogP contribution in [-0.4, -0.2) is 29.1 Å². The van der Waals surface area contributed by atoms with Gasteiger partial charge in [0.05, 0.1) is 10.6 Å². The molecule has 2 rings (SSSR count). The molecule has 0 radical (unpaired) electrons. The third kappa shape index (κ3) is 7.09. The monoisotopic (exact) mass is 405 g/mol. The number of amides is 2. The van der Waals surface area contributed by atoms with E-state index in [-0.39, 0.29) is 29.4 Å². The van der Waals surface area contributed by atoms with Crippen LogP contribution in [0.4, 0.5) is 26.2 Å². The molecule has 154 valence electrons. The van der Waals surface area contributed by atoms with Crippen molar-refractivity contribution in [3.63, 3.8) is 0 Å². The average molecular weight is 405 g/mol. The first-order valence-corrected chi connectivity index (χ1v) is 8.50. The second-order valence-electron chi connectivity index (χ2n) is 6.91. The number of nitrogens with one attached hydrogen (secondary N) is 2. The quantitative estimate of drug-likeness (QED) is 0.551. The number of carbonyl (C=O) groups excluding carboxylic acids is 2. The molecule has 0 aliphatic heterocycles. The standard InChI is InChI=1S/C19H20FN3O6/c1-19(2,3)29-18(25)22-16-10-12(4-9-15(16)20)21-17(24)11-28-14-7-5-13(6-8-14)23(26)27/h4-10H,11H2,1-3H3,(H,21,24)(H,22,25). The lowest BCUT2D eigenvalue weighted by atomic mass is 10.2.